The van der Waals surface area contributed by atoms with Gasteiger partial charge >= 0.3 is 11.9 Å². The van der Waals surface area contributed by atoms with Crippen LogP contribution in [0.25, 0.3) is 0 Å². The zero-order chi connectivity index (χ0) is 12.7. The molecule has 2 bridgehead atoms. The fourth-order valence-electron chi connectivity index (χ4n) is 2.78. The smallest absolute Gasteiger partial charge is 0.319 e. The molecule has 0 N–H and O–H groups in total. The SMILES string of the molecule is O=C1OC(=O)[C@H]2[C@@H]1[C@@]1(Cl)C(Cl)=C(Cl)[C@]2(Cl)C1Cl. The predicted octanol–water partition coefficient (Wildman–Crippen LogP) is 2.58. The maximum Gasteiger partial charge on any atom is 0.319 e. The minimum absolute atomic E-state index is 0.0173. The molecule has 1 saturated heterocycles. The van der Waals surface area contributed by atoms with Gasteiger partial charge in [0.2, 0.25) is 0 Å². The van der Waals surface area contributed by atoms with E-state index >= 15 is 0 Å². The molecule has 2 aliphatic carbocycles. The summed E-state index contributed by atoms with van der Waals surface area (Å²) in [5.74, 6) is -3.48. The first kappa shape index (κ1) is 12.4. The maximum absolute atomic E-state index is 11.6. The average Bonchev–Trinajstić information content (AvgIpc) is 2.71. The number of alkyl halides is 3. The summed E-state index contributed by atoms with van der Waals surface area (Å²) in [5.41, 5.74) is 0. The number of hydrogen-bond donors (Lipinski definition) is 0. The summed E-state index contributed by atoms with van der Waals surface area (Å²) in [6, 6.07) is 0. The molecule has 2 fully saturated rings. The first-order chi connectivity index (χ1) is 7.77. The Hall–Kier alpha value is 0.330. The van der Waals surface area contributed by atoms with Crippen LogP contribution in [0, 0.1) is 11.8 Å². The van der Waals surface area contributed by atoms with E-state index in [1.54, 1.807) is 0 Å². The molecule has 0 aromatic rings. The first-order valence-corrected chi connectivity index (χ1v) is 6.55. The van der Waals surface area contributed by atoms with E-state index in [1.165, 1.54) is 0 Å². The van der Waals surface area contributed by atoms with Crippen LogP contribution in [0.1, 0.15) is 0 Å². The zero-order valence-electron chi connectivity index (χ0n) is 7.85. The Labute approximate surface area is 121 Å². The van der Waals surface area contributed by atoms with Crippen molar-refractivity contribution in [2.75, 3.05) is 0 Å². The molecule has 1 saturated carbocycles. The molecule has 3 aliphatic rings. The lowest BCUT2D eigenvalue weighted by molar-refractivity contribution is -0.154. The number of carbonyl (C=O) groups excluding carboxylic acids is 2. The van der Waals surface area contributed by atoms with Gasteiger partial charge < -0.3 is 4.74 Å². The van der Waals surface area contributed by atoms with Crippen molar-refractivity contribution in [1.82, 2.24) is 0 Å². The van der Waals surface area contributed by atoms with E-state index in [9.17, 15) is 9.59 Å². The van der Waals surface area contributed by atoms with Crippen molar-refractivity contribution in [2.45, 2.75) is 15.1 Å². The Bertz CT molecular complexity index is 461. The lowest BCUT2D eigenvalue weighted by Gasteiger charge is -2.27. The highest BCUT2D eigenvalue weighted by atomic mass is 35.5. The molecule has 1 aliphatic heterocycles. The lowest BCUT2D eigenvalue weighted by Crippen LogP contribution is -2.38. The number of hydrogen-bond acceptors (Lipinski definition) is 3. The highest BCUT2D eigenvalue weighted by Crippen LogP contribution is 2.71. The van der Waals surface area contributed by atoms with Gasteiger partial charge in [0.25, 0.3) is 0 Å². The van der Waals surface area contributed by atoms with Gasteiger partial charge in [0.05, 0.1) is 27.3 Å². The van der Waals surface area contributed by atoms with Gasteiger partial charge in [0, 0.05) is 0 Å². The average molecular weight is 336 g/mol. The van der Waals surface area contributed by atoms with Crippen LogP contribution in [0.3, 0.4) is 0 Å². The molecule has 3 nitrogen and oxygen atoms in total. The summed E-state index contributed by atoms with van der Waals surface area (Å²) in [5, 5.41) is -0.905. The molecular formula is C9H3Cl5O3. The summed E-state index contributed by atoms with van der Waals surface area (Å²) >= 11 is 30.7. The minimum Gasteiger partial charge on any atom is -0.393 e. The van der Waals surface area contributed by atoms with Crippen LogP contribution in [-0.2, 0) is 14.3 Å². The van der Waals surface area contributed by atoms with Crippen LogP contribution in [-0.4, -0.2) is 27.1 Å². The van der Waals surface area contributed by atoms with E-state index in [-0.39, 0.29) is 10.1 Å². The van der Waals surface area contributed by atoms with E-state index in [2.05, 4.69) is 4.74 Å². The molecule has 0 aromatic carbocycles. The van der Waals surface area contributed by atoms with Gasteiger partial charge in [-0.05, 0) is 0 Å². The summed E-state index contributed by atoms with van der Waals surface area (Å²) < 4.78 is 4.54. The van der Waals surface area contributed by atoms with Crippen molar-refractivity contribution < 1.29 is 14.3 Å². The standard InChI is InChI=1S/C9H3Cl5O3/c10-3-4(11)9(14)2-1(5(15)17-6(2)16)8(3,13)7(9)12/h1-2,7H/t1-,2+,7?,8+,9-. The Balaban J connectivity index is 2.30. The maximum atomic E-state index is 11.6. The van der Waals surface area contributed by atoms with Crippen LogP contribution < -0.4 is 0 Å². The fraction of sp³-hybridized carbons (Fsp3) is 0.556. The predicted molar refractivity (Wildman–Crippen MR) is 63.6 cm³/mol. The van der Waals surface area contributed by atoms with Crippen LogP contribution in [0.2, 0.25) is 0 Å². The lowest BCUT2D eigenvalue weighted by atomic mass is 9.84. The number of ether oxygens (including phenoxy) is 1. The monoisotopic (exact) mass is 334 g/mol. The summed E-state index contributed by atoms with van der Waals surface area (Å²) in [6.07, 6.45) is 0. The third-order valence-electron chi connectivity index (χ3n) is 3.55. The quantitative estimate of drug-likeness (QED) is 0.388. The molecule has 92 valence electrons. The number of halogens is 5. The van der Waals surface area contributed by atoms with Crippen molar-refractivity contribution in [1.29, 1.82) is 0 Å². The van der Waals surface area contributed by atoms with Crippen molar-refractivity contribution in [3.63, 3.8) is 0 Å². The Kier molecular flexibility index (Phi) is 2.37. The first-order valence-electron chi connectivity index (χ1n) is 4.61. The third kappa shape index (κ3) is 1.06. The molecule has 5 atom stereocenters. The summed E-state index contributed by atoms with van der Waals surface area (Å²) in [7, 11) is 0. The second-order valence-electron chi connectivity index (χ2n) is 4.22. The van der Waals surface area contributed by atoms with Crippen LogP contribution in [0.5, 0.6) is 0 Å². The van der Waals surface area contributed by atoms with Gasteiger partial charge in [0.15, 0.2) is 0 Å². The molecule has 1 heterocycles. The van der Waals surface area contributed by atoms with Gasteiger partial charge in [-0.1, -0.05) is 23.2 Å². The number of allylic oxidation sites excluding steroid dienone is 2. The number of rotatable bonds is 0. The molecule has 1 unspecified atom stereocenters. The molecule has 0 spiro atoms. The second-order valence-corrected chi connectivity index (χ2v) is 6.67. The minimum atomic E-state index is -1.46. The van der Waals surface area contributed by atoms with E-state index in [4.69, 9.17) is 58.0 Å². The topological polar surface area (TPSA) is 43.4 Å². The van der Waals surface area contributed by atoms with Crippen molar-refractivity contribution in [2.24, 2.45) is 11.8 Å². The zero-order valence-corrected chi connectivity index (χ0v) is 11.6. The molecule has 0 radical (unpaired) electrons. The second kappa shape index (κ2) is 3.26. The Morgan fingerprint density at radius 3 is 1.65 bits per heavy atom. The Morgan fingerprint density at radius 1 is 0.941 bits per heavy atom. The highest BCUT2D eigenvalue weighted by molar-refractivity contribution is 6.56. The van der Waals surface area contributed by atoms with Gasteiger partial charge in [-0.25, -0.2) is 0 Å². The third-order valence-corrected chi connectivity index (χ3v) is 7.04. The fourth-order valence-corrected chi connectivity index (χ4v) is 5.26. The summed E-state index contributed by atoms with van der Waals surface area (Å²) in [6.45, 7) is 0. The van der Waals surface area contributed by atoms with Crippen LogP contribution in [0.15, 0.2) is 10.1 Å². The van der Waals surface area contributed by atoms with Gasteiger partial charge in [-0.3, -0.25) is 9.59 Å². The van der Waals surface area contributed by atoms with E-state index < -0.39 is 38.9 Å². The van der Waals surface area contributed by atoms with E-state index in [0.29, 0.717) is 0 Å². The van der Waals surface area contributed by atoms with Crippen molar-refractivity contribution in [3.05, 3.63) is 10.1 Å². The normalized spacial score (nSPS) is 52.2. The largest absolute Gasteiger partial charge is 0.393 e. The van der Waals surface area contributed by atoms with Gasteiger partial charge in [0.1, 0.15) is 9.75 Å². The molecule has 0 amide bonds. The number of cyclic esters (lactones) is 2. The number of carbonyl (C=O) groups is 2. The molecule has 0 aromatic heterocycles. The van der Waals surface area contributed by atoms with Crippen LogP contribution in [0.4, 0.5) is 0 Å². The Morgan fingerprint density at radius 2 is 1.29 bits per heavy atom. The van der Waals surface area contributed by atoms with Gasteiger partial charge in [-0.2, -0.15) is 0 Å². The van der Waals surface area contributed by atoms with Crippen molar-refractivity contribution >= 4 is 69.9 Å². The number of esters is 2. The van der Waals surface area contributed by atoms with Crippen molar-refractivity contribution in [3.8, 4) is 0 Å². The number of fused-ring (bicyclic) bond motifs is 5. The van der Waals surface area contributed by atoms with E-state index in [1.807, 2.05) is 0 Å². The molecule has 17 heavy (non-hydrogen) atoms. The van der Waals surface area contributed by atoms with Gasteiger partial charge in [-0.15, -0.1) is 34.8 Å². The summed E-state index contributed by atoms with van der Waals surface area (Å²) in [4.78, 5) is 20.3. The highest BCUT2D eigenvalue weighted by Gasteiger charge is 2.81. The van der Waals surface area contributed by atoms with E-state index in [0.717, 1.165) is 0 Å². The molecule has 8 heteroatoms. The van der Waals surface area contributed by atoms with Crippen LogP contribution >= 0.6 is 58.0 Å². The molecular weight excluding hydrogens is 333 g/mol. The molecule has 3 rings (SSSR count).